The van der Waals surface area contributed by atoms with E-state index >= 15 is 0 Å². The minimum atomic E-state index is -1.60. The van der Waals surface area contributed by atoms with E-state index in [0.717, 1.165) is 55.3 Å². The zero-order valence-electron chi connectivity index (χ0n) is 24.8. The third-order valence-electron chi connectivity index (χ3n) is 7.61. The maximum absolute atomic E-state index is 12.6. The molecule has 1 heterocycles. The molecule has 0 amide bonds. The number of carboxylic acid groups (broad SMARTS) is 1. The molecule has 2 aliphatic rings. The van der Waals surface area contributed by atoms with E-state index in [-0.39, 0.29) is 5.92 Å². The van der Waals surface area contributed by atoms with E-state index in [0.29, 0.717) is 11.5 Å². The molecule has 2 fully saturated rings. The van der Waals surface area contributed by atoms with E-state index in [1.165, 1.54) is 37.7 Å². The van der Waals surface area contributed by atoms with Gasteiger partial charge in [-0.05, 0) is 52.4 Å². The topological polar surface area (TPSA) is 88.1 Å². The lowest BCUT2D eigenvalue weighted by Crippen LogP contribution is -2.41. The van der Waals surface area contributed by atoms with Crippen LogP contribution in [0.3, 0.4) is 0 Å². The molecule has 7 nitrogen and oxygen atoms in total. The van der Waals surface area contributed by atoms with Gasteiger partial charge in [-0.25, -0.2) is 8.93 Å². The second kappa shape index (κ2) is 16.6. The van der Waals surface area contributed by atoms with Crippen molar-refractivity contribution >= 4 is 17.0 Å². The number of ether oxygens (including phenoxy) is 2. The lowest BCUT2D eigenvalue weighted by molar-refractivity contribution is -0.140. The third kappa shape index (κ3) is 10.1. The fourth-order valence-corrected chi connectivity index (χ4v) is 6.10. The van der Waals surface area contributed by atoms with Crippen LogP contribution < -0.4 is 9.46 Å². The Morgan fingerprint density at radius 3 is 1.90 bits per heavy atom. The summed E-state index contributed by atoms with van der Waals surface area (Å²) in [7, 11) is -1.60. The van der Waals surface area contributed by atoms with Crippen molar-refractivity contribution in [1.29, 1.82) is 0 Å². The summed E-state index contributed by atoms with van der Waals surface area (Å²) in [6, 6.07) is 22.9. The van der Waals surface area contributed by atoms with Crippen molar-refractivity contribution < 1.29 is 23.6 Å². The van der Waals surface area contributed by atoms with Gasteiger partial charge in [0, 0.05) is 19.6 Å². The molecule has 226 valence electrons. The second-order valence-electron chi connectivity index (χ2n) is 11.3. The van der Waals surface area contributed by atoms with Crippen LogP contribution in [-0.2, 0) is 33.7 Å². The molecular formula is C34H44N2O5S. The summed E-state index contributed by atoms with van der Waals surface area (Å²) < 4.78 is 26.7. The second-order valence-corrected chi connectivity index (χ2v) is 12.5. The van der Waals surface area contributed by atoms with Gasteiger partial charge in [0.15, 0.2) is 0 Å². The number of carboxylic acids is 1. The predicted molar refractivity (Wildman–Crippen MR) is 168 cm³/mol. The number of benzene rings is 3. The maximum Gasteiger partial charge on any atom is 0.321 e. The van der Waals surface area contributed by atoms with Gasteiger partial charge in [0.25, 0.3) is 0 Å². The van der Waals surface area contributed by atoms with Crippen LogP contribution in [0.25, 0.3) is 11.1 Å². The van der Waals surface area contributed by atoms with Crippen LogP contribution in [0, 0.1) is 5.92 Å². The van der Waals surface area contributed by atoms with Gasteiger partial charge in [0.2, 0.25) is 0 Å². The van der Waals surface area contributed by atoms with Crippen molar-refractivity contribution in [2.24, 2.45) is 5.92 Å². The summed E-state index contributed by atoms with van der Waals surface area (Å²) >= 11 is 0. The third-order valence-corrected chi connectivity index (χ3v) is 8.78. The van der Waals surface area contributed by atoms with E-state index in [1.807, 2.05) is 48.5 Å². The highest BCUT2D eigenvalue weighted by Gasteiger charge is 2.23. The number of rotatable bonds is 11. The van der Waals surface area contributed by atoms with Crippen molar-refractivity contribution in [3.05, 3.63) is 83.9 Å². The van der Waals surface area contributed by atoms with Crippen LogP contribution in [-0.4, -0.2) is 52.5 Å². The highest BCUT2D eigenvalue weighted by Crippen LogP contribution is 2.23. The Morgan fingerprint density at radius 1 is 0.857 bits per heavy atom. The summed E-state index contributed by atoms with van der Waals surface area (Å²) in [5.41, 5.74) is 4.36. The Kier molecular flexibility index (Phi) is 12.6. The Bertz CT molecular complexity index is 1240. The minimum Gasteiger partial charge on any atom is -0.489 e. The molecule has 42 heavy (non-hydrogen) atoms. The normalized spacial score (nSPS) is 16.8. The van der Waals surface area contributed by atoms with Gasteiger partial charge in [-0.2, -0.15) is 0 Å². The molecule has 1 aliphatic heterocycles. The molecule has 5 rings (SSSR count). The van der Waals surface area contributed by atoms with Crippen molar-refractivity contribution in [2.75, 3.05) is 26.3 Å². The van der Waals surface area contributed by atoms with E-state index in [1.54, 1.807) is 26.0 Å². The quantitative estimate of drug-likeness (QED) is 0.267. The highest BCUT2D eigenvalue weighted by molar-refractivity contribution is 7.83. The molecule has 1 saturated carbocycles. The Balaban J connectivity index is 0.000000732. The van der Waals surface area contributed by atoms with Gasteiger partial charge in [0.05, 0.1) is 18.1 Å². The van der Waals surface area contributed by atoms with Crippen LogP contribution in [0.2, 0.25) is 0 Å². The fourth-order valence-electron chi connectivity index (χ4n) is 4.98. The first kappa shape index (κ1) is 31.9. The van der Waals surface area contributed by atoms with Crippen molar-refractivity contribution in [2.45, 2.75) is 70.0 Å². The van der Waals surface area contributed by atoms with Gasteiger partial charge in [-0.3, -0.25) is 9.69 Å². The molecule has 2 atom stereocenters. The van der Waals surface area contributed by atoms with Crippen LogP contribution in [0.4, 0.5) is 0 Å². The molecule has 3 aromatic rings. The largest absolute Gasteiger partial charge is 0.489 e. The average Bonchev–Trinajstić information content (AvgIpc) is 3.61. The number of nitrogens with one attached hydrogen (secondary N) is 1. The number of morpholine rings is 1. The number of carbonyl (C=O) groups is 1. The average molecular weight is 593 g/mol. The molecule has 0 bridgehead atoms. The first-order chi connectivity index (χ1) is 20.4. The van der Waals surface area contributed by atoms with Crippen molar-refractivity contribution in [1.82, 2.24) is 9.62 Å². The number of hydrogen-bond acceptors (Lipinski definition) is 5. The molecule has 1 saturated heterocycles. The molecule has 2 N–H and O–H groups in total. The predicted octanol–water partition coefficient (Wildman–Crippen LogP) is 6.44. The van der Waals surface area contributed by atoms with Gasteiger partial charge in [-0.15, -0.1) is 0 Å². The monoisotopic (exact) mass is 592 g/mol. The lowest BCUT2D eigenvalue weighted by atomic mass is 10.0. The van der Waals surface area contributed by atoms with E-state index in [9.17, 15) is 14.1 Å². The Morgan fingerprint density at radius 2 is 1.38 bits per heavy atom. The van der Waals surface area contributed by atoms with Crippen LogP contribution in [0.5, 0.6) is 5.75 Å². The molecule has 3 aromatic carbocycles. The number of nitrogens with zero attached hydrogens (tertiary/aromatic N) is 1. The zero-order valence-corrected chi connectivity index (χ0v) is 25.6. The van der Waals surface area contributed by atoms with Gasteiger partial charge in [-0.1, -0.05) is 94.5 Å². The molecule has 8 heteroatoms. The maximum atomic E-state index is 12.6. The smallest absolute Gasteiger partial charge is 0.321 e. The van der Waals surface area contributed by atoms with Gasteiger partial charge in [0.1, 0.15) is 29.4 Å². The van der Waals surface area contributed by atoms with Crippen molar-refractivity contribution in [3.8, 4) is 16.9 Å². The molecule has 0 spiro atoms. The number of hydrogen-bond donors (Lipinski definition) is 2. The summed E-state index contributed by atoms with van der Waals surface area (Å²) in [5, 5.41) is 9.31. The first-order valence-electron chi connectivity index (χ1n) is 15.0. The fraction of sp³-hybridized carbons (Fsp3) is 0.441. The summed E-state index contributed by atoms with van der Waals surface area (Å²) in [5.74, 6) is -0.345. The molecule has 2 unspecified atom stereocenters. The summed E-state index contributed by atoms with van der Waals surface area (Å²) in [6.07, 6.45) is 7.50. The Hall–Kier alpha value is -3.04. The Labute approximate surface area is 252 Å². The summed E-state index contributed by atoms with van der Waals surface area (Å²) in [6.45, 7) is 8.52. The van der Waals surface area contributed by atoms with E-state index in [4.69, 9.17) is 9.47 Å². The van der Waals surface area contributed by atoms with Gasteiger partial charge >= 0.3 is 5.97 Å². The molecule has 1 aliphatic carbocycles. The lowest BCUT2D eigenvalue weighted by Gasteiger charge is -2.26. The van der Waals surface area contributed by atoms with Crippen LogP contribution in [0.1, 0.15) is 57.1 Å². The van der Waals surface area contributed by atoms with Crippen molar-refractivity contribution in [3.63, 3.8) is 0 Å². The first-order valence-corrected chi connectivity index (χ1v) is 16.2. The highest BCUT2D eigenvalue weighted by atomic mass is 32.2. The molecule has 0 radical (unpaired) electrons. The zero-order chi connectivity index (χ0) is 29.7. The SMILES string of the molecule is C1CCCC1.CC(C)C(NS(=O)c1ccc(-c2ccc(COc3ccc(CN4CCOCC4)cc3)cc2)cc1)C(=O)O. The van der Waals surface area contributed by atoms with E-state index in [2.05, 4.69) is 21.8 Å². The van der Waals surface area contributed by atoms with Crippen LogP contribution in [0.15, 0.2) is 77.7 Å². The van der Waals surface area contributed by atoms with Crippen LogP contribution >= 0.6 is 0 Å². The molecule has 0 aromatic heterocycles. The van der Waals surface area contributed by atoms with E-state index < -0.39 is 23.0 Å². The number of aliphatic carboxylic acids is 1. The molecular weight excluding hydrogens is 548 g/mol. The standard InChI is InChI=1S/C29H34N2O5S.C5H10/c1-21(2)28(29(32)33)30-37(34)27-13-9-25(10-14-27)24-7-3-23(4-8-24)20-36-26-11-5-22(6-12-26)19-31-15-17-35-18-16-31;1-2-4-5-3-1/h3-14,21,28,30H,15-20H2,1-2H3,(H,32,33);1-5H2. The van der Waals surface area contributed by atoms with Gasteiger partial charge < -0.3 is 14.6 Å². The minimum absolute atomic E-state index is 0.178. The summed E-state index contributed by atoms with van der Waals surface area (Å²) in [4.78, 5) is 14.3.